The molecular formula is C11H16O. The second-order valence-corrected chi connectivity index (χ2v) is 3.32. The molecule has 1 rings (SSSR count). The average molecular weight is 164 g/mol. The quantitative estimate of drug-likeness (QED) is 0.609. The van der Waals surface area contributed by atoms with Crippen molar-refractivity contribution in [1.29, 1.82) is 0 Å². The molecule has 0 N–H and O–H groups in total. The van der Waals surface area contributed by atoms with E-state index in [9.17, 15) is 0 Å². The maximum atomic E-state index is 5.51. The topological polar surface area (TPSA) is 9.23 Å². The Morgan fingerprint density at radius 1 is 1.00 bits per heavy atom. The van der Waals surface area contributed by atoms with Crippen molar-refractivity contribution in [2.24, 2.45) is 5.92 Å². The van der Waals surface area contributed by atoms with E-state index in [1.54, 1.807) is 7.11 Å². The Hall–Kier alpha value is -0.820. The van der Waals surface area contributed by atoms with Crippen LogP contribution in [0.3, 0.4) is 0 Å². The lowest BCUT2D eigenvalue weighted by molar-refractivity contribution is 0.0355. The molecule has 0 radical (unpaired) electrons. The summed E-state index contributed by atoms with van der Waals surface area (Å²) in [6.07, 6.45) is 12.3. The second-order valence-electron chi connectivity index (χ2n) is 3.32. The summed E-state index contributed by atoms with van der Waals surface area (Å²) in [6.45, 7) is 4.31. The maximum Gasteiger partial charge on any atom is 0.107 e. The summed E-state index contributed by atoms with van der Waals surface area (Å²) in [7, 11) is 1.75. The lowest BCUT2D eigenvalue weighted by Crippen LogP contribution is -2.32. The highest BCUT2D eigenvalue weighted by molar-refractivity contribution is 5.27. The van der Waals surface area contributed by atoms with E-state index in [0.717, 1.165) is 0 Å². The first-order valence-corrected chi connectivity index (χ1v) is 4.30. The molecule has 0 heterocycles. The van der Waals surface area contributed by atoms with Crippen molar-refractivity contribution in [2.45, 2.75) is 19.4 Å². The van der Waals surface area contributed by atoms with Crippen LogP contribution in [0.25, 0.3) is 0 Å². The Morgan fingerprint density at radius 2 is 1.50 bits per heavy atom. The normalized spacial score (nSPS) is 20.0. The Labute approximate surface area is 74.4 Å². The third-order valence-electron chi connectivity index (χ3n) is 2.30. The van der Waals surface area contributed by atoms with Gasteiger partial charge in [-0.2, -0.15) is 0 Å². The van der Waals surface area contributed by atoms with Gasteiger partial charge in [0.25, 0.3) is 0 Å². The molecule has 1 nitrogen and oxygen atoms in total. The van der Waals surface area contributed by atoms with Crippen LogP contribution in [-0.2, 0) is 4.74 Å². The fourth-order valence-electron chi connectivity index (χ4n) is 1.35. The molecule has 0 unspecified atom stereocenters. The van der Waals surface area contributed by atoms with Gasteiger partial charge in [-0.05, 0) is 18.1 Å². The summed E-state index contributed by atoms with van der Waals surface area (Å²) in [4.78, 5) is 0. The Balaban J connectivity index is 2.93. The minimum Gasteiger partial charge on any atom is -0.370 e. The number of hydrogen-bond donors (Lipinski definition) is 0. The van der Waals surface area contributed by atoms with E-state index in [4.69, 9.17) is 4.74 Å². The largest absolute Gasteiger partial charge is 0.370 e. The highest BCUT2D eigenvalue weighted by Crippen LogP contribution is 2.25. The lowest BCUT2D eigenvalue weighted by atomic mass is 9.89. The molecule has 1 heteroatoms. The molecule has 0 atom stereocenters. The summed E-state index contributed by atoms with van der Waals surface area (Å²) in [5, 5.41) is 0. The Morgan fingerprint density at radius 3 is 1.83 bits per heavy atom. The van der Waals surface area contributed by atoms with Gasteiger partial charge in [-0.15, -0.1) is 0 Å². The molecule has 0 spiro atoms. The zero-order valence-electron chi connectivity index (χ0n) is 7.95. The third kappa shape index (κ3) is 1.67. The molecular weight excluding hydrogens is 148 g/mol. The molecule has 0 saturated heterocycles. The van der Waals surface area contributed by atoms with Crippen molar-refractivity contribution in [3.63, 3.8) is 0 Å². The minimum atomic E-state index is -0.219. The van der Waals surface area contributed by atoms with Gasteiger partial charge in [0, 0.05) is 7.11 Å². The molecule has 0 bridgehead atoms. The molecule has 0 aromatic carbocycles. The van der Waals surface area contributed by atoms with Crippen LogP contribution in [0.15, 0.2) is 36.5 Å². The molecule has 0 aromatic heterocycles. The van der Waals surface area contributed by atoms with Gasteiger partial charge in [0.15, 0.2) is 0 Å². The van der Waals surface area contributed by atoms with Gasteiger partial charge in [0.1, 0.15) is 5.60 Å². The second kappa shape index (κ2) is 3.72. The fraction of sp³-hybridized carbons (Fsp3) is 0.455. The number of ether oxygens (including phenoxy) is 1. The number of methoxy groups -OCH3 is 1. The van der Waals surface area contributed by atoms with Crippen molar-refractivity contribution in [1.82, 2.24) is 0 Å². The SMILES string of the molecule is COC1(C(C)C)C=CC=CC=C1. The molecule has 0 aliphatic heterocycles. The summed E-state index contributed by atoms with van der Waals surface area (Å²) >= 11 is 0. The first-order valence-electron chi connectivity index (χ1n) is 4.30. The standard InChI is InChI=1S/C11H16O/c1-10(2)11(12-3)8-6-4-5-7-9-11/h4-10H,1-3H3. The zero-order valence-corrected chi connectivity index (χ0v) is 7.95. The van der Waals surface area contributed by atoms with Gasteiger partial charge in [-0.1, -0.05) is 38.2 Å². The van der Waals surface area contributed by atoms with Gasteiger partial charge in [-0.3, -0.25) is 0 Å². The molecule has 1 aliphatic carbocycles. The van der Waals surface area contributed by atoms with E-state index < -0.39 is 0 Å². The van der Waals surface area contributed by atoms with Gasteiger partial charge in [-0.25, -0.2) is 0 Å². The van der Waals surface area contributed by atoms with Crippen molar-refractivity contribution in [3.05, 3.63) is 36.5 Å². The van der Waals surface area contributed by atoms with Crippen molar-refractivity contribution >= 4 is 0 Å². The van der Waals surface area contributed by atoms with Crippen LogP contribution in [0.5, 0.6) is 0 Å². The van der Waals surface area contributed by atoms with E-state index in [1.165, 1.54) is 0 Å². The number of allylic oxidation sites excluding steroid dienone is 4. The van der Waals surface area contributed by atoms with Crippen LogP contribution in [0.4, 0.5) is 0 Å². The molecule has 0 fully saturated rings. The van der Waals surface area contributed by atoms with Crippen molar-refractivity contribution in [2.75, 3.05) is 7.11 Å². The Bertz CT molecular complexity index is 205. The Kier molecular flexibility index (Phi) is 2.88. The average Bonchev–Trinajstić information content (AvgIpc) is 2.29. The van der Waals surface area contributed by atoms with Crippen LogP contribution in [0.2, 0.25) is 0 Å². The molecule has 0 amide bonds. The third-order valence-corrected chi connectivity index (χ3v) is 2.30. The van der Waals surface area contributed by atoms with Crippen LogP contribution in [0, 0.1) is 5.92 Å². The van der Waals surface area contributed by atoms with E-state index in [1.807, 2.05) is 24.3 Å². The van der Waals surface area contributed by atoms with E-state index in [2.05, 4.69) is 26.0 Å². The van der Waals surface area contributed by atoms with Gasteiger partial charge >= 0.3 is 0 Å². The van der Waals surface area contributed by atoms with E-state index >= 15 is 0 Å². The zero-order chi connectivity index (χ0) is 9.03. The minimum absolute atomic E-state index is 0.219. The predicted octanol–water partition coefficient (Wildman–Crippen LogP) is 2.71. The summed E-state index contributed by atoms with van der Waals surface area (Å²) in [5.41, 5.74) is -0.219. The lowest BCUT2D eigenvalue weighted by Gasteiger charge is -2.29. The monoisotopic (exact) mass is 164 g/mol. The highest BCUT2D eigenvalue weighted by Gasteiger charge is 2.27. The van der Waals surface area contributed by atoms with Crippen LogP contribution in [-0.4, -0.2) is 12.7 Å². The molecule has 0 saturated carbocycles. The van der Waals surface area contributed by atoms with Crippen molar-refractivity contribution < 1.29 is 4.74 Å². The van der Waals surface area contributed by atoms with Crippen LogP contribution >= 0.6 is 0 Å². The maximum absolute atomic E-state index is 5.51. The first kappa shape index (κ1) is 9.27. The predicted molar refractivity (Wildman–Crippen MR) is 52.0 cm³/mol. The summed E-state index contributed by atoms with van der Waals surface area (Å²) in [5.74, 6) is 0.454. The summed E-state index contributed by atoms with van der Waals surface area (Å²) in [6, 6.07) is 0. The van der Waals surface area contributed by atoms with Crippen LogP contribution in [0.1, 0.15) is 13.8 Å². The fourth-order valence-corrected chi connectivity index (χ4v) is 1.35. The van der Waals surface area contributed by atoms with E-state index in [0.29, 0.717) is 5.92 Å². The molecule has 0 aromatic rings. The first-order chi connectivity index (χ1) is 5.71. The molecule has 66 valence electrons. The van der Waals surface area contributed by atoms with Gasteiger partial charge in [0.2, 0.25) is 0 Å². The molecule has 1 aliphatic rings. The van der Waals surface area contributed by atoms with E-state index in [-0.39, 0.29) is 5.60 Å². The number of hydrogen-bond acceptors (Lipinski definition) is 1. The smallest absolute Gasteiger partial charge is 0.107 e. The molecule has 12 heavy (non-hydrogen) atoms. The van der Waals surface area contributed by atoms with Gasteiger partial charge in [0.05, 0.1) is 0 Å². The number of rotatable bonds is 2. The highest BCUT2D eigenvalue weighted by atomic mass is 16.5. The van der Waals surface area contributed by atoms with Crippen molar-refractivity contribution in [3.8, 4) is 0 Å². The summed E-state index contributed by atoms with van der Waals surface area (Å²) < 4.78 is 5.51. The van der Waals surface area contributed by atoms with Crippen LogP contribution < -0.4 is 0 Å². The van der Waals surface area contributed by atoms with Gasteiger partial charge < -0.3 is 4.74 Å².